The molecular formula is C25H28N6O5S. The van der Waals surface area contributed by atoms with Crippen LogP contribution in [0.1, 0.15) is 37.2 Å². The highest BCUT2D eigenvalue weighted by Crippen LogP contribution is 2.18. The van der Waals surface area contributed by atoms with Crippen LogP contribution >= 0.6 is 0 Å². The number of fused-ring (bicyclic) bond motifs is 1. The number of rotatable bonds is 7. The van der Waals surface area contributed by atoms with E-state index in [1.807, 2.05) is 6.07 Å². The number of hydrogen-bond donors (Lipinski definition) is 2. The first-order valence-electron chi connectivity index (χ1n) is 11.9. The van der Waals surface area contributed by atoms with Gasteiger partial charge in [-0.3, -0.25) is 14.4 Å². The Hall–Kier alpha value is -3.77. The normalized spacial score (nSPS) is 17.8. The van der Waals surface area contributed by atoms with Crippen LogP contribution in [0.25, 0.3) is 11.0 Å². The second-order valence-electron chi connectivity index (χ2n) is 9.12. The fraction of sp³-hybridized carbons (Fsp3) is 0.360. The third-order valence-corrected chi connectivity index (χ3v) is 7.87. The van der Waals surface area contributed by atoms with Crippen LogP contribution in [0.2, 0.25) is 0 Å². The minimum absolute atomic E-state index is 0.116. The van der Waals surface area contributed by atoms with Crippen LogP contribution in [0.4, 0.5) is 0 Å². The lowest BCUT2D eigenvalue weighted by atomic mass is 10.0. The molecule has 3 aromatic rings. The van der Waals surface area contributed by atoms with E-state index in [2.05, 4.69) is 25.6 Å². The summed E-state index contributed by atoms with van der Waals surface area (Å²) in [5, 5.41) is 6.07. The highest BCUT2D eigenvalue weighted by Gasteiger charge is 2.35. The van der Waals surface area contributed by atoms with E-state index in [0.29, 0.717) is 12.1 Å². The van der Waals surface area contributed by atoms with Gasteiger partial charge in [0, 0.05) is 24.3 Å². The molecule has 0 aromatic carbocycles. The van der Waals surface area contributed by atoms with E-state index in [9.17, 15) is 22.8 Å². The average molecular weight is 525 g/mol. The van der Waals surface area contributed by atoms with Gasteiger partial charge in [-0.15, -0.1) is 0 Å². The van der Waals surface area contributed by atoms with Crippen molar-refractivity contribution < 1.29 is 22.8 Å². The molecule has 0 saturated carbocycles. The summed E-state index contributed by atoms with van der Waals surface area (Å²) in [4.78, 5) is 51.3. The molecule has 12 heteroatoms. The average Bonchev–Trinajstić information content (AvgIpc) is 3.08. The smallest absolute Gasteiger partial charge is 0.270 e. The van der Waals surface area contributed by atoms with Crippen LogP contribution in [0.3, 0.4) is 0 Å². The van der Waals surface area contributed by atoms with Crippen molar-refractivity contribution in [3.8, 4) is 0 Å². The summed E-state index contributed by atoms with van der Waals surface area (Å²) in [6, 6.07) is 9.61. The minimum Gasteiger partial charge on any atom is -0.344 e. The predicted molar refractivity (Wildman–Crippen MR) is 135 cm³/mol. The molecule has 11 nitrogen and oxygen atoms in total. The van der Waals surface area contributed by atoms with E-state index in [1.54, 1.807) is 50.4 Å². The maximum Gasteiger partial charge on any atom is 0.270 e. The van der Waals surface area contributed by atoms with Gasteiger partial charge >= 0.3 is 0 Å². The Morgan fingerprint density at radius 3 is 2.57 bits per heavy atom. The number of sulfonamides is 1. The van der Waals surface area contributed by atoms with Crippen molar-refractivity contribution in [2.75, 3.05) is 13.1 Å². The fourth-order valence-electron chi connectivity index (χ4n) is 4.08. The Kier molecular flexibility index (Phi) is 7.89. The lowest BCUT2D eigenvalue weighted by Crippen LogP contribution is -2.54. The number of ketones is 1. The molecule has 0 spiro atoms. The largest absolute Gasteiger partial charge is 0.344 e. The quantitative estimate of drug-likeness (QED) is 0.470. The molecular weight excluding hydrogens is 496 g/mol. The zero-order chi connectivity index (χ0) is 26.6. The van der Waals surface area contributed by atoms with Gasteiger partial charge in [-0.1, -0.05) is 19.9 Å². The van der Waals surface area contributed by atoms with Crippen molar-refractivity contribution in [2.24, 2.45) is 5.92 Å². The molecule has 1 aliphatic heterocycles. The summed E-state index contributed by atoms with van der Waals surface area (Å²) in [6.07, 6.45) is 3.60. The Bertz CT molecular complexity index is 1410. The van der Waals surface area contributed by atoms with E-state index in [4.69, 9.17) is 0 Å². The number of hydrogen-bond acceptors (Lipinski definition) is 8. The maximum atomic E-state index is 13.1. The second-order valence-corrected chi connectivity index (χ2v) is 11.0. The van der Waals surface area contributed by atoms with Crippen molar-refractivity contribution in [1.82, 2.24) is 29.9 Å². The van der Waals surface area contributed by atoms with E-state index >= 15 is 0 Å². The maximum absolute atomic E-state index is 13.1. The van der Waals surface area contributed by atoms with E-state index in [-0.39, 0.29) is 36.1 Å². The number of Topliss-reactive ketones (excluding diaryl/α,β-unsaturated/α-hetero) is 1. The van der Waals surface area contributed by atoms with Crippen LogP contribution in [0.15, 0.2) is 59.9 Å². The Balaban J connectivity index is 1.43. The van der Waals surface area contributed by atoms with Gasteiger partial charge in [0.1, 0.15) is 11.7 Å². The van der Waals surface area contributed by atoms with Crippen LogP contribution in [-0.2, 0) is 19.6 Å². The zero-order valence-corrected chi connectivity index (χ0v) is 21.3. The Labute approximate surface area is 214 Å². The fourth-order valence-corrected chi connectivity index (χ4v) is 5.45. The molecule has 1 aliphatic rings. The summed E-state index contributed by atoms with van der Waals surface area (Å²) in [7, 11) is -3.94. The summed E-state index contributed by atoms with van der Waals surface area (Å²) >= 11 is 0. The molecule has 194 valence electrons. The number of carbonyl (C=O) groups is 3. The summed E-state index contributed by atoms with van der Waals surface area (Å²) < 4.78 is 26.9. The lowest BCUT2D eigenvalue weighted by Gasteiger charge is -2.24. The van der Waals surface area contributed by atoms with E-state index in [1.165, 1.54) is 12.3 Å². The van der Waals surface area contributed by atoms with Crippen molar-refractivity contribution in [2.45, 2.75) is 43.8 Å². The third kappa shape index (κ3) is 5.97. The molecule has 2 unspecified atom stereocenters. The van der Waals surface area contributed by atoms with Crippen LogP contribution in [-0.4, -0.2) is 70.4 Å². The van der Waals surface area contributed by atoms with Crippen LogP contribution < -0.4 is 10.6 Å². The predicted octanol–water partition coefficient (Wildman–Crippen LogP) is 1.32. The molecule has 3 aromatic heterocycles. The summed E-state index contributed by atoms with van der Waals surface area (Å²) in [5.74, 6) is -1.78. The lowest BCUT2D eigenvalue weighted by molar-refractivity contribution is -0.129. The monoisotopic (exact) mass is 524 g/mol. The van der Waals surface area contributed by atoms with Crippen molar-refractivity contribution >= 4 is 38.7 Å². The first kappa shape index (κ1) is 26.3. The van der Waals surface area contributed by atoms with E-state index in [0.717, 1.165) is 9.69 Å². The molecule has 0 bridgehead atoms. The molecule has 0 radical (unpaired) electrons. The van der Waals surface area contributed by atoms with Crippen molar-refractivity contribution in [3.05, 3.63) is 60.6 Å². The van der Waals surface area contributed by atoms with Gasteiger partial charge in [0.05, 0.1) is 12.6 Å². The van der Waals surface area contributed by atoms with Gasteiger partial charge in [-0.05, 0) is 55.2 Å². The summed E-state index contributed by atoms with van der Waals surface area (Å²) in [5.41, 5.74) is 0.528. The highest BCUT2D eigenvalue weighted by atomic mass is 32.2. The number of aromatic nitrogens is 3. The first-order chi connectivity index (χ1) is 17.7. The van der Waals surface area contributed by atoms with Crippen LogP contribution in [0.5, 0.6) is 0 Å². The second kappa shape index (κ2) is 11.1. The molecule has 2 atom stereocenters. The zero-order valence-electron chi connectivity index (χ0n) is 20.5. The standard InChI is InChI=1S/C25H28N6O5S/c1-16(2)22(30-24(33)19-11-10-17-7-5-13-27-23(17)28-19)25(34)29-18-8-6-14-31(15-20(18)32)37(35,36)21-9-3-4-12-26-21/h3-5,7,9-13,16,18,22H,6,8,14-15H2,1-2H3,(H,29,34)(H,30,33). The third-order valence-electron chi connectivity index (χ3n) is 6.11. The first-order valence-corrected chi connectivity index (χ1v) is 13.4. The number of carbonyl (C=O) groups excluding carboxylic acids is 3. The molecule has 1 fully saturated rings. The molecule has 4 heterocycles. The number of pyridine rings is 3. The van der Waals surface area contributed by atoms with Crippen molar-refractivity contribution in [3.63, 3.8) is 0 Å². The molecule has 37 heavy (non-hydrogen) atoms. The highest BCUT2D eigenvalue weighted by molar-refractivity contribution is 7.89. The minimum atomic E-state index is -3.94. The molecule has 4 rings (SSSR count). The van der Waals surface area contributed by atoms with E-state index < -0.39 is 39.7 Å². The number of nitrogens with zero attached hydrogens (tertiary/aromatic N) is 4. The SMILES string of the molecule is CC(C)C(NC(=O)c1ccc2cccnc2n1)C(=O)NC1CCCN(S(=O)(=O)c2ccccn2)CC1=O. The van der Waals surface area contributed by atoms with Crippen LogP contribution in [0, 0.1) is 5.92 Å². The summed E-state index contributed by atoms with van der Waals surface area (Å²) in [6.45, 7) is 3.30. The molecule has 2 amide bonds. The topological polar surface area (TPSA) is 151 Å². The number of nitrogens with one attached hydrogen (secondary N) is 2. The van der Waals surface area contributed by atoms with Gasteiger partial charge in [0.15, 0.2) is 16.5 Å². The van der Waals surface area contributed by atoms with Crippen molar-refractivity contribution in [1.29, 1.82) is 0 Å². The van der Waals surface area contributed by atoms with Gasteiger partial charge in [0.25, 0.3) is 15.9 Å². The van der Waals surface area contributed by atoms with Gasteiger partial charge in [0.2, 0.25) is 5.91 Å². The Morgan fingerprint density at radius 2 is 1.84 bits per heavy atom. The van der Waals surface area contributed by atoms with Gasteiger partial charge < -0.3 is 10.6 Å². The van der Waals surface area contributed by atoms with Gasteiger partial charge in [-0.2, -0.15) is 4.31 Å². The Morgan fingerprint density at radius 1 is 1.05 bits per heavy atom. The van der Waals surface area contributed by atoms with Gasteiger partial charge in [-0.25, -0.2) is 23.4 Å². The molecule has 1 saturated heterocycles. The number of amides is 2. The molecule has 2 N–H and O–H groups in total. The molecule has 0 aliphatic carbocycles.